The predicted molar refractivity (Wildman–Crippen MR) is 119 cm³/mol. The SMILES string of the molecule is N#CC1(NC(=O)[C@H](CC(F)(F)Cc2ccccc2)NC(=O)N2CCC3(CC(OC(=O)O)=NO3)C2)CC1. The normalized spacial score (nSPS) is 22.7. The van der Waals surface area contributed by atoms with Crippen LogP contribution in [0.1, 0.15) is 37.7 Å². The van der Waals surface area contributed by atoms with E-state index in [1.807, 2.05) is 6.07 Å². The molecule has 1 saturated heterocycles. The molecule has 4 rings (SSSR count). The van der Waals surface area contributed by atoms with E-state index in [1.165, 1.54) is 4.90 Å². The van der Waals surface area contributed by atoms with Gasteiger partial charge in [-0.2, -0.15) is 5.26 Å². The number of hydrogen-bond acceptors (Lipinski definition) is 7. The molecule has 0 radical (unpaired) electrons. The van der Waals surface area contributed by atoms with Gasteiger partial charge < -0.3 is 30.2 Å². The van der Waals surface area contributed by atoms with Gasteiger partial charge in [-0.3, -0.25) is 4.79 Å². The molecule has 1 aliphatic carbocycles. The molecule has 1 unspecified atom stereocenters. The summed E-state index contributed by atoms with van der Waals surface area (Å²) in [5.74, 6) is -4.33. The highest BCUT2D eigenvalue weighted by Crippen LogP contribution is 2.36. The van der Waals surface area contributed by atoms with Crippen molar-refractivity contribution in [1.82, 2.24) is 15.5 Å². The topological polar surface area (TPSA) is 153 Å². The molecule has 2 atom stereocenters. The lowest BCUT2D eigenvalue weighted by Gasteiger charge is -2.27. The molecule has 36 heavy (non-hydrogen) atoms. The highest BCUT2D eigenvalue weighted by Gasteiger charge is 2.50. The lowest BCUT2D eigenvalue weighted by atomic mass is 9.99. The summed E-state index contributed by atoms with van der Waals surface area (Å²) in [6, 6.07) is 7.68. The molecule has 2 heterocycles. The Morgan fingerprint density at radius 2 is 2.00 bits per heavy atom. The summed E-state index contributed by atoms with van der Waals surface area (Å²) in [6.45, 7) is 0.157. The smallest absolute Gasteiger partial charge is 0.449 e. The second-order valence-corrected chi connectivity index (χ2v) is 9.38. The predicted octanol–water partition coefficient (Wildman–Crippen LogP) is 2.38. The van der Waals surface area contributed by atoms with Gasteiger partial charge in [-0.25, -0.2) is 18.4 Å². The number of benzene rings is 1. The van der Waals surface area contributed by atoms with Crippen LogP contribution in [0.5, 0.6) is 0 Å². The first-order valence-corrected chi connectivity index (χ1v) is 11.4. The van der Waals surface area contributed by atoms with Crippen LogP contribution in [0.4, 0.5) is 18.4 Å². The summed E-state index contributed by atoms with van der Waals surface area (Å²) in [4.78, 5) is 43.2. The molecule has 0 bridgehead atoms. The van der Waals surface area contributed by atoms with Crippen molar-refractivity contribution in [3.63, 3.8) is 0 Å². The first kappa shape index (κ1) is 25.2. The van der Waals surface area contributed by atoms with Crippen molar-refractivity contribution >= 4 is 24.0 Å². The van der Waals surface area contributed by atoms with E-state index in [1.54, 1.807) is 30.3 Å². The Morgan fingerprint density at radius 3 is 2.64 bits per heavy atom. The number of carboxylic acid groups (broad SMARTS) is 1. The molecule has 0 aromatic heterocycles. The molecule has 2 fully saturated rings. The summed E-state index contributed by atoms with van der Waals surface area (Å²) < 4.78 is 34.4. The lowest BCUT2D eigenvalue weighted by Crippen LogP contribution is -2.55. The summed E-state index contributed by atoms with van der Waals surface area (Å²) >= 11 is 0. The van der Waals surface area contributed by atoms with E-state index in [0.29, 0.717) is 24.8 Å². The Bertz CT molecular complexity index is 1100. The van der Waals surface area contributed by atoms with Crippen molar-refractivity contribution in [1.29, 1.82) is 5.26 Å². The van der Waals surface area contributed by atoms with E-state index in [2.05, 4.69) is 20.5 Å². The highest BCUT2D eigenvalue weighted by molar-refractivity contribution is 5.89. The number of ether oxygens (including phenoxy) is 1. The van der Waals surface area contributed by atoms with Crippen molar-refractivity contribution in [2.24, 2.45) is 5.16 Å². The number of carbonyl (C=O) groups excluding carboxylic acids is 2. The molecule has 1 spiro atoms. The van der Waals surface area contributed by atoms with Crippen LogP contribution >= 0.6 is 0 Å². The van der Waals surface area contributed by atoms with Crippen LogP contribution in [0.15, 0.2) is 35.5 Å². The minimum Gasteiger partial charge on any atom is -0.449 e. The minimum absolute atomic E-state index is 0.00824. The van der Waals surface area contributed by atoms with Gasteiger partial charge in [0.05, 0.1) is 19.0 Å². The largest absolute Gasteiger partial charge is 0.512 e. The molecule has 3 amide bonds. The summed E-state index contributed by atoms with van der Waals surface area (Å²) in [7, 11) is 0. The van der Waals surface area contributed by atoms with Gasteiger partial charge in [-0.1, -0.05) is 35.5 Å². The van der Waals surface area contributed by atoms with Crippen LogP contribution in [0.3, 0.4) is 0 Å². The Kier molecular flexibility index (Phi) is 6.71. The van der Waals surface area contributed by atoms with E-state index >= 15 is 0 Å². The van der Waals surface area contributed by atoms with Gasteiger partial charge in [-0.15, -0.1) is 0 Å². The molecule has 192 valence electrons. The maximum atomic E-state index is 15.0. The summed E-state index contributed by atoms with van der Waals surface area (Å²) in [6.07, 6.45) is -2.00. The first-order chi connectivity index (χ1) is 17.0. The van der Waals surface area contributed by atoms with E-state index in [0.717, 1.165) is 0 Å². The first-order valence-electron chi connectivity index (χ1n) is 11.4. The maximum absolute atomic E-state index is 15.0. The number of hydrogen-bond donors (Lipinski definition) is 3. The number of nitriles is 1. The molecule has 13 heteroatoms. The van der Waals surface area contributed by atoms with E-state index < -0.39 is 54.0 Å². The number of halogens is 2. The number of nitrogens with zero attached hydrogens (tertiary/aromatic N) is 3. The Balaban J connectivity index is 1.41. The van der Waals surface area contributed by atoms with Gasteiger partial charge >= 0.3 is 12.2 Å². The van der Waals surface area contributed by atoms with Crippen molar-refractivity contribution in [3.05, 3.63) is 35.9 Å². The van der Waals surface area contributed by atoms with E-state index in [4.69, 9.17) is 9.94 Å². The fourth-order valence-corrected chi connectivity index (χ4v) is 4.31. The molecule has 1 aromatic carbocycles. The molecule has 3 N–H and O–H groups in total. The van der Waals surface area contributed by atoms with Crippen LogP contribution in [0.2, 0.25) is 0 Å². The lowest BCUT2D eigenvalue weighted by molar-refractivity contribution is -0.126. The van der Waals surface area contributed by atoms with Crippen LogP contribution in [0, 0.1) is 11.3 Å². The van der Waals surface area contributed by atoms with E-state index in [-0.39, 0.29) is 25.4 Å². The van der Waals surface area contributed by atoms with E-state index in [9.17, 15) is 28.4 Å². The number of likely N-dealkylation sites (tertiary alicyclic amines) is 1. The second-order valence-electron chi connectivity index (χ2n) is 9.38. The van der Waals surface area contributed by atoms with Crippen molar-refractivity contribution in [2.75, 3.05) is 13.1 Å². The van der Waals surface area contributed by atoms with Gasteiger partial charge in [0.25, 0.3) is 5.92 Å². The number of carbonyl (C=O) groups is 3. The summed E-state index contributed by atoms with van der Waals surface area (Å²) in [5, 5.41) is 26.5. The van der Waals surface area contributed by atoms with Crippen LogP contribution in [-0.2, 0) is 20.8 Å². The number of amides is 3. The van der Waals surface area contributed by atoms with Crippen LogP contribution in [0.25, 0.3) is 0 Å². The molecule has 1 aromatic rings. The van der Waals surface area contributed by atoms with Crippen molar-refractivity contribution < 1.29 is 37.8 Å². The van der Waals surface area contributed by atoms with Crippen molar-refractivity contribution in [3.8, 4) is 6.07 Å². The molecule has 11 nitrogen and oxygen atoms in total. The number of oxime groups is 1. The number of alkyl halides is 2. The summed E-state index contributed by atoms with van der Waals surface area (Å²) in [5.41, 5.74) is -1.71. The number of urea groups is 1. The second kappa shape index (κ2) is 9.60. The van der Waals surface area contributed by atoms with Crippen LogP contribution in [-0.4, -0.2) is 70.2 Å². The molecule has 1 saturated carbocycles. The quantitative estimate of drug-likeness (QED) is 0.481. The van der Waals surface area contributed by atoms with Crippen LogP contribution < -0.4 is 10.6 Å². The zero-order valence-electron chi connectivity index (χ0n) is 19.2. The Labute approximate surface area is 205 Å². The third-order valence-electron chi connectivity index (χ3n) is 6.37. The van der Waals surface area contributed by atoms with Gasteiger partial charge in [0, 0.05) is 25.8 Å². The number of nitrogens with one attached hydrogen (secondary N) is 2. The fourth-order valence-electron chi connectivity index (χ4n) is 4.31. The fraction of sp³-hybridized carbons (Fsp3) is 0.522. The average molecular weight is 505 g/mol. The highest BCUT2D eigenvalue weighted by atomic mass is 19.3. The minimum atomic E-state index is -3.32. The monoisotopic (exact) mass is 505 g/mol. The standard InChI is InChI=1S/C23H25F2N5O6/c24-23(25,10-15-4-2-1-3-5-15)11-16(18(31)28-21(13-26)6-7-21)27-19(32)30-9-8-22(14-30)12-17(29-36-22)35-20(33)34/h1-5,16H,6-12,14H2,(H,27,32)(H,28,31)(H,33,34)/t16-,22?/m0/s1. The molecular formula is C23H25F2N5O6. The van der Waals surface area contributed by atoms with Gasteiger partial charge in [-0.05, 0) is 18.4 Å². The number of rotatable bonds is 7. The zero-order valence-corrected chi connectivity index (χ0v) is 19.2. The third-order valence-corrected chi connectivity index (χ3v) is 6.37. The third kappa shape index (κ3) is 5.99. The van der Waals surface area contributed by atoms with Gasteiger partial charge in [0.2, 0.25) is 11.8 Å². The van der Waals surface area contributed by atoms with Crippen molar-refractivity contribution in [2.45, 2.75) is 61.6 Å². The molecule has 3 aliphatic rings. The molecular weight excluding hydrogens is 480 g/mol. The Morgan fingerprint density at radius 1 is 1.28 bits per heavy atom. The van der Waals surface area contributed by atoms with Gasteiger partial charge in [0.15, 0.2) is 5.60 Å². The zero-order chi connectivity index (χ0) is 26.0. The average Bonchev–Trinajstić information content (AvgIpc) is 3.29. The molecule has 2 aliphatic heterocycles. The maximum Gasteiger partial charge on any atom is 0.512 e. The Hall–Kier alpha value is -3.95. The van der Waals surface area contributed by atoms with Gasteiger partial charge in [0.1, 0.15) is 11.6 Å².